The van der Waals surface area contributed by atoms with Gasteiger partial charge in [-0.2, -0.15) is 8.78 Å². The molecular formula is C13H15F2N3O. The molecule has 0 saturated heterocycles. The van der Waals surface area contributed by atoms with Gasteiger partial charge in [0, 0.05) is 24.1 Å². The third kappa shape index (κ3) is 3.43. The van der Waals surface area contributed by atoms with Crippen molar-refractivity contribution in [3.8, 4) is 5.75 Å². The average Bonchev–Trinajstić information content (AvgIpc) is 2.86. The van der Waals surface area contributed by atoms with Gasteiger partial charge in [0.1, 0.15) is 11.6 Å². The Hall–Kier alpha value is -2.11. The van der Waals surface area contributed by atoms with Crippen molar-refractivity contribution in [1.29, 1.82) is 0 Å². The number of alkyl halides is 2. The molecule has 0 aliphatic heterocycles. The molecule has 2 aromatic rings. The third-order valence-electron chi connectivity index (χ3n) is 2.55. The van der Waals surface area contributed by atoms with Crippen LogP contribution in [0.15, 0.2) is 36.7 Å². The molecule has 0 fully saturated rings. The summed E-state index contributed by atoms with van der Waals surface area (Å²) in [6.07, 6.45) is 2.62. The minimum atomic E-state index is -2.57. The van der Waals surface area contributed by atoms with Crippen molar-refractivity contribution < 1.29 is 13.5 Å². The van der Waals surface area contributed by atoms with E-state index >= 15 is 0 Å². The molecule has 0 saturated carbocycles. The van der Waals surface area contributed by atoms with Crippen LogP contribution in [0.25, 0.3) is 0 Å². The zero-order valence-electron chi connectivity index (χ0n) is 10.5. The van der Waals surface area contributed by atoms with E-state index in [-0.39, 0.29) is 12.4 Å². The minimum Gasteiger partial charge on any atom is -0.494 e. The van der Waals surface area contributed by atoms with Gasteiger partial charge in [-0.3, -0.25) is 4.57 Å². The summed E-state index contributed by atoms with van der Waals surface area (Å²) in [5.41, 5.74) is 0.801. The quantitative estimate of drug-likeness (QED) is 0.873. The van der Waals surface area contributed by atoms with Gasteiger partial charge in [0.05, 0.1) is 13.2 Å². The summed E-state index contributed by atoms with van der Waals surface area (Å²) >= 11 is 0. The maximum Gasteiger partial charge on any atom is 0.319 e. The molecule has 4 nitrogen and oxygen atoms in total. The Morgan fingerprint density at radius 2 is 2.26 bits per heavy atom. The molecule has 6 heteroatoms. The van der Waals surface area contributed by atoms with E-state index in [2.05, 4.69) is 10.3 Å². The summed E-state index contributed by atoms with van der Waals surface area (Å²) in [4.78, 5) is 3.90. The topological polar surface area (TPSA) is 39.1 Å². The van der Waals surface area contributed by atoms with Gasteiger partial charge in [0.15, 0.2) is 0 Å². The van der Waals surface area contributed by atoms with Crippen molar-refractivity contribution >= 4 is 5.69 Å². The lowest BCUT2D eigenvalue weighted by molar-refractivity contribution is 0.0673. The first-order valence-corrected chi connectivity index (χ1v) is 5.97. The molecule has 0 aliphatic carbocycles. The summed E-state index contributed by atoms with van der Waals surface area (Å²) < 4.78 is 31.5. The van der Waals surface area contributed by atoms with E-state index in [0.717, 1.165) is 16.0 Å². The van der Waals surface area contributed by atoms with E-state index in [1.165, 1.54) is 12.4 Å². The molecular weight excluding hydrogens is 252 g/mol. The van der Waals surface area contributed by atoms with E-state index in [0.29, 0.717) is 6.61 Å². The average molecular weight is 267 g/mol. The maximum absolute atomic E-state index is 12.6. The molecule has 0 atom stereocenters. The first-order valence-electron chi connectivity index (χ1n) is 5.97. The molecule has 1 aromatic carbocycles. The van der Waals surface area contributed by atoms with Crippen LogP contribution in [0, 0.1) is 0 Å². The number of hydrogen-bond acceptors (Lipinski definition) is 3. The molecule has 0 spiro atoms. The molecule has 2 rings (SSSR count). The minimum absolute atomic E-state index is 0.229. The van der Waals surface area contributed by atoms with Crippen molar-refractivity contribution in [3.63, 3.8) is 0 Å². The monoisotopic (exact) mass is 267 g/mol. The van der Waals surface area contributed by atoms with Crippen LogP contribution < -0.4 is 10.1 Å². The molecule has 0 bridgehead atoms. The predicted molar refractivity (Wildman–Crippen MR) is 68.4 cm³/mol. The van der Waals surface area contributed by atoms with Gasteiger partial charge in [-0.15, -0.1) is 0 Å². The van der Waals surface area contributed by atoms with Crippen molar-refractivity contribution in [1.82, 2.24) is 9.55 Å². The van der Waals surface area contributed by atoms with E-state index in [9.17, 15) is 8.78 Å². The van der Waals surface area contributed by atoms with Crippen LogP contribution in [0.4, 0.5) is 14.5 Å². The van der Waals surface area contributed by atoms with Crippen LogP contribution in [0.5, 0.6) is 5.75 Å². The van der Waals surface area contributed by atoms with Gasteiger partial charge in [0.2, 0.25) is 0 Å². The van der Waals surface area contributed by atoms with Gasteiger partial charge in [-0.25, -0.2) is 4.98 Å². The Labute approximate surface area is 110 Å². The Kier molecular flexibility index (Phi) is 4.33. The molecule has 1 aromatic heterocycles. The number of hydrogen-bond donors (Lipinski definition) is 1. The van der Waals surface area contributed by atoms with Crippen LogP contribution in [-0.4, -0.2) is 16.2 Å². The Morgan fingerprint density at radius 1 is 1.42 bits per heavy atom. The number of halogens is 2. The largest absolute Gasteiger partial charge is 0.494 e. The highest BCUT2D eigenvalue weighted by Crippen LogP contribution is 2.18. The Bertz CT molecular complexity index is 528. The normalized spacial score (nSPS) is 10.7. The van der Waals surface area contributed by atoms with Crippen LogP contribution >= 0.6 is 0 Å². The number of benzene rings is 1. The standard InChI is InChI=1S/C13H15F2N3O/c1-2-19-11-5-3-4-10(8-11)17-9-12-16-6-7-18(12)13(14)15/h3-8,13,17H,2,9H2,1H3. The first-order chi connectivity index (χ1) is 9.20. The Balaban J connectivity index is 2.02. The van der Waals surface area contributed by atoms with Gasteiger partial charge >= 0.3 is 6.55 Å². The fourth-order valence-corrected chi connectivity index (χ4v) is 1.70. The smallest absolute Gasteiger partial charge is 0.319 e. The molecule has 102 valence electrons. The lowest BCUT2D eigenvalue weighted by Crippen LogP contribution is -2.09. The fraction of sp³-hybridized carbons (Fsp3) is 0.308. The lowest BCUT2D eigenvalue weighted by atomic mass is 10.3. The summed E-state index contributed by atoms with van der Waals surface area (Å²) in [5.74, 6) is 1.03. The Morgan fingerprint density at radius 3 is 3.00 bits per heavy atom. The number of ether oxygens (including phenoxy) is 1. The SMILES string of the molecule is CCOc1cccc(NCc2nccn2C(F)F)c1. The van der Waals surface area contributed by atoms with Gasteiger partial charge in [-0.1, -0.05) is 6.07 Å². The van der Waals surface area contributed by atoms with Gasteiger partial charge < -0.3 is 10.1 Å². The third-order valence-corrected chi connectivity index (χ3v) is 2.55. The van der Waals surface area contributed by atoms with E-state index in [1.54, 1.807) is 0 Å². The fourth-order valence-electron chi connectivity index (χ4n) is 1.70. The molecule has 1 N–H and O–H groups in total. The number of anilines is 1. The van der Waals surface area contributed by atoms with Crippen molar-refractivity contribution in [2.75, 3.05) is 11.9 Å². The summed E-state index contributed by atoms with van der Waals surface area (Å²) in [6, 6.07) is 7.35. The van der Waals surface area contributed by atoms with Crippen molar-refractivity contribution in [2.24, 2.45) is 0 Å². The predicted octanol–water partition coefficient (Wildman–Crippen LogP) is 3.29. The second-order valence-electron chi connectivity index (χ2n) is 3.84. The highest BCUT2D eigenvalue weighted by Gasteiger charge is 2.10. The molecule has 0 unspecified atom stereocenters. The van der Waals surface area contributed by atoms with Crippen LogP contribution in [0.2, 0.25) is 0 Å². The highest BCUT2D eigenvalue weighted by atomic mass is 19.3. The summed E-state index contributed by atoms with van der Waals surface area (Å²) in [6.45, 7) is 0.139. The number of aromatic nitrogens is 2. The first kappa shape index (κ1) is 13.3. The van der Waals surface area contributed by atoms with Crippen molar-refractivity contribution in [2.45, 2.75) is 20.0 Å². The number of imidazole rings is 1. The van der Waals surface area contributed by atoms with E-state index < -0.39 is 6.55 Å². The summed E-state index contributed by atoms with van der Waals surface area (Å²) in [5, 5.41) is 3.04. The molecule has 0 radical (unpaired) electrons. The van der Waals surface area contributed by atoms with E-state index in [4.69, 9.17) is 4.74 Å². The molecule has 1 heterocycles. The highest BCUT2D eigenvalue weighted by molar-refractivity contribution is 5.48. The molecule has 0 amide bonds. The van der Waals surface area contributed by atoms with Crippen LogP contribution in [0.3, 0.4) is 0 Å². The second kappa shape index (κ2) is 6.17. The maximum atomic E-state index is 12.6. The summed E-state index contributed by atoms with van der Waals surface area (Å²) in [7, 11) is 0. The number of nitrogens with one attached hydrogen (secondary N) is 1. The van der Waals surface area contributed by atoms with Gasteiger partial charge in [-0.05, 0) is 19.1 Å². The molecule has 0 aliphatic rings. The van der Waals surface area contributed by atoms with Crippen molar-refractivity contribution in [3.05, 3.63) is 42.5 Å². The van der Waals surface area contributed by atoms with Crippen LogP contribution in [-0.2, 0) is 6.54 Å². The van der Waals surface area contributed by atoms with Gasteiger partial charge in [0.25, 0.3) is 0 Å². The lowest BCUT2D eigenvalue weighted by Gasteiger charge is -2.10. The zero-order chi connectivity index (χ0) is 13.7. The zero-order valence-corrected chi connectivity index (χ0v) is 10.5. The number of rotatable bonds is 6. The second-order valence-corrected chi connectivity index (χ2v) is 3.84. The number of nitrogens with zero attached hydrogens (tertiary/aromatic N) is 2. The van der Waals surface area contributed by atoms with Crippen LogP contribution in [0.1, 0.15) is 19.3 Å². The molecule has 19 heavy (non-hydrogen) atoms. The van der Waals surface area contributed by atoms with E-state index in [1.807, 2.05) is 31.2 Å².